The topological polar surface area (TPSA) is 194 Å². The lowest BCUT2D eigenvalue weighted by Crippen LogP contribution is -2.51. The van der Waals surface area contributed by atoms with E-state index in [2.05, 4.69) is 25.6 Å². The minimum absolute atomic E-state index is 0.219. The van der Waals surface area contributed by atoms with Crippen LogP contribution < -0.4 is 10.6 Å². The maximum atomic E-state index is 13.2. The number of rotatable bonds is 19. The highest BCUT2D eigenvalue weighted by molar-refractivity contribution is 5.72. The molecule has 1 rings (SSSR count). The number of amides is 3. The van der Waals surface area contributed by atoms with Gasteiger partial charge in [-0.15, -0.1) is 0 Å². The zero-order chi connectivity index (χ0) is 30.9. The van der Waals surface area contributed by atoms with Crippen molar-refractivity contribution in [3.8, 4) is 0 Å². The van der Waals surface area contributed by atoms with E-state index in [0.29, 0.717) is 38.8 Å². The van der Waals surface area contributed by atoms with Crippen molar-refractivity contribution < 1.29 is 43.0 Å². The van der Waals surface area contributed by atoms with Crippen LogP contribution in [-0.4, -0.2) is 86.3 Å². The molecule has 1 aliphatic rings. The Morgan fingerprint density at radius 1 is 0.762 bits per heavy atom. The summed E-state index contributed by atoms with van der Waals surface area (Å²) in [5, 5.41) is 5.11. The number of carbonyl (C=O) groups excluding carboxylic acids is 6. The summed E-state index contributed by atoms with van der Waals surface area (Å²) in [7, 11) is 0. The van der Waals surface area contributed by atoms with Gasteiger partial charge in [-0.2, -0.15) is 4.99 Å². The molecule has 0 bridgehead atoms. The van der Waals surface area contributed by atoms with E-state index in [-0.39, 0.29) is 26.1 Å². The predicted molar refractivity (Wildman–Crippen MR) is 148 cm³/mol. The van der Waals surface area contributed by atoms with Crippen molar-refractivity contribution in [1.82, 2.24) is 15.5 Å². The number of nitrogens with zero attached hydrogens (tertiary/aromatic N) is 4. The van der Waals surface area contributed by atoms with E-state index in [1.165, 1.54) is 30.1 Å². The number of nitrogens with one attached hydrogen (secondary N) is 2. The van der Waals surface area contributed by atoms with Gasteiger partial charge in [-0.25, -0.2) is 38.8 Å². The molecular weight excluding hydrogens is 552 g/mol. The molecule has 2 N–H and O–H groups in total. The molecule has 0 aromatic rings. The highest BCUT2D eigenvalue weighted by Crippen LogP contribution is 2.25. The van der Waals surface area contributed by atoms with Gasteiger partial charge in [0, 0.05) is 19.6 Å². The summed E-state index contributed by atoms with van der Waals surface area (Å²) in [5.41, 5.74) is 0. The molecule has 1 saturated heterocycles. The quantitative estimate of drug-likeness (QED) is 0.0962. The standard InChI is InChI=1S/C27H42N6O9/c1-2-27(40-24(37)30-17-11-5-3-9-15-28-20-34,41-25(38)31-18-12-6-4-10-16-29-21-35)42-26(39)33-19-13-7-8-14-23(33)32-22-36/h23H,2-19H2,1H3,(H,30,37)(H,31,38). The third-order valence-corrected chi connectivity index (χ3v) is 6.39. The third-order valence-electron chi connectivity index (χ3n) is 6.39. The molecule has 1 aliphatic heterocycles. The summed E-state index contributed by atoms with van der Waals surface area (Å²) in [4.78, 5) is 81.6. The molecule has 1 atom stereocenters. The maximum absolute atomic E-state index is 13.2. The maximum Gasteiger partial charge on any atom is 0.426 e. The second kappa shape index (κ2) is 22.6. The van der Waals surface area contributed by atoms with Gasteiger partial charge in [0.1, 0.15) is 6.17 Å². The van der Waals surface area contributed by atoms with Gasteiger partial charge in [0.05, 0.1) is 19.5 Å². The molecule has 1 unspecified atom stereocenters. The average Bonchev–Trinajstić information content (AvgIpc) is 3.21. The monoisotopic (exact) mass is 594 g/mol. The van der Waals surface area contributed by atoms with Gasteiger partial charge in [-0.05, 0) is 44.9 Å². The van der Waals surface area contributed by atoms with Gasteiger partial charge >= 0.3 is 24.3 Å². The lowest BCUT2D eigenvalue weighted by Gasteiger charge is -2.33. The van der Waals surface area contributed by atoms with Crippen LogP contribution in [0.1, 0.15) is 90.4 Å². The number of ether oxygens (including phenoxy) is 3. The minimum Gasteiger partial charge on any atom is -0.371 e. The number of unbranched alkanes of at least 4 members (excludes halogenated alkanes) is 6. The summed E-state index contributed by atoms with van der Waals surface area (Å²) < 4.78 is 16.3. The van der Waals surface area contributed by atoms with Crippen LogP contribution in [0.15, 0.2) is 15.0 Å². The molecule has 0 aromatic carbocycles. The van der Waals surface area contributed by atoms with Gasteiger partial charge in [0.25, 0.3) is 0 Å². The van der Waals surface area contributed by atoms with E-state index in [0.717, 1.165) is 51.4 Å². The second-order valence-corrected chi connectivity index (χ2v) is 9.56. The molecule has 234 valence electrons. The smallest absolute Gasteiger partial charge is 0.371 e. The van der Waals surface area contributed by atoms with Crippen molar-refractivity contribution in [2.75, 3.05) is 32.7 Å². The third kappa shape index (κ3) is 15.7. The molecule has 0 spiro atoms. The van der Waals surface area contributed by atoms with Crippen LogP contribution in [0.25, 0.3) is 0 Å². The van der Waals surface area contributed by atoms with E-state index >= 15 is 0 Å². The summed E-state index contributed by atoms with van der Waals surface area (Å²) >= 11 is 0. The van der Waals surface area contributed by atoms with Gasteiger partial charge < -0.3 is 24.8 Å². The summed E-state index contributed by atoms with van der Waals surface area (Å²) in [6, 6.07) is 0. The Labute approximate surface area is 245 Å². The number of isocyanates is 3. The Kier molecular flexibility index (Phi) is 19.4. The van der Waals surface area contributed by atoms with Crippen molar-refractivity contribution in [2.45, 2.75) is 103 Å². The molecule has 1 fully saturated rings. The highest BCUT2D eigenvalue weighted by Gasteiger charge is 2.44. The molecule has 0 saturated carbocycles. The number of aliphatic imine (C=N–C) groups is 3. The van der Waals surface area contributed by atoms with Gasteiger partial charge in [-0.3, -0.25) is 4.90 Å². The first-order chi connectivity index (χ1) is 20.4. The van der Waals surface area contributed by atoms with E-state index in [4.69, 9.17) is 14.2 Å². The number of hydrogen-bond donors (Lipinski definition) is 2. The summed E-state index contributed by atoms with van der Waals surface area (Å²) in [6.45, 7) is 3.04. The van der Waals surface area contributed by atoms with Gasteiger partial charge in [-0.1, -0.05) is 39.0 Å². The first-order valence-corrected chi connectivity index (χ1v) is 14.5. The van der Waals surface area contributed by atoms with Crippen molar-refractivity contribution in [3.05, 3.63) is 0 Å². The van der Waals surface area contributed by atoms with Crippen LogP contribution in [0.2, 0.25) is 0 Å². The average molecular weight is 595 g/mol. The molecule has 1 heterocycles. The molecular formula is C27H42N6O9. The summed E-state index contributed by atoms with van der Waals surface area (Å²) in [5.74, 6) is -2.38. The normalized spacial score (nSPS) is 15.7. The molecule has 15 nitrogen and oxygen atoms in total. The zero-order valence-corrected chi connectivity index (χ0v) is 24.3. The number of alkyl carbamates (subject to hydrolysis) is 2. The number of hydrogen-bond acceptors (Lipinski definition) is 12. The van der Waals surface area contributed by atoms with Gasteiger partial charge in [0.15, 0.2) is 0 Å². The number of carbonyl (C=O) groups is 3. The molecule has 0 radical (unpaired) electrons. The minimum atomic E-state index is -2.38. The largest absolute Gasteiger partial charge is 0.426 e. The van der Waals surface area contributed by atoms with Crippen molar-refractivity contribution in [3.63, 3.8) is 0 Å². The SMILES string of the molecule is CCC(OC(=O)NCCCCCCN=C=O)(OC(=O)NCCCCCCN=C=O)OC(=O)N1CCCCCC1N=C=O. The molecule has 0 aliphatic carbocycles. The van der Waals surface area contributed by atoms with Crippen LogP contribution in [0, 0.1) is 0 Å². The Bertz CT molecular complexity index is 929. The van der Waals surface area contributed by atoms with Crippen LogP contribution >= 0.6 is 0 Å². The first-order valence-electron chi connectivity index (χ1n) is 14.5. The van der Waals surface area contributed by atoms with Crippen LogP contribution in [-0.2, 0) is 28.6 Å². The molecule has 15 heteroatoms. The Morgan fingerprint density at radius 3 is 1.81 bits per heavy atom. The van der Waals surface area contributed by atoms with Gasteiger partial charge in [0.2, 0.25) is 18.2 Å². The van der Waals surface area contributed by atoms with Crippen LogP contribution in [0.3, 0.4) is 0 Å². The Morgan fingerprint density at radius 2 is 1.31 bits per heavy atom. The highest BCUT2D eigenvalue weighted by atomic mass is 16.9. The van der Waals surface area contributed by atoms with E-state index in [9.17, 15) is 28.8 Å². The Hall–Kier alpha value is -4.05. The fourth-order valence-electron chi connectivity index (χ4n) is 4.14. The predicted octanol–water partition coefficient (Wildman–Crippen LogP) is 3.97. The van der Waals surface area contributed by atoms with E-state index in [1.54, 1.807) is 0 Å². The number of likely N-dealkylation sites (tertiary alicyclic amines) is 1. The fourth-order valence-corrected chi connectivity index (χ4v) is 4.14. The van der Waals surface area contributed by atoms with Crippen molar-refractivity contribution in [2.24, 2.45) is 15.0 Å². The van der Waals surface area contributed by atoms with Crippen LogP contribution in [0.5, 0.6) is 0 Å². The molecule has 0 aromatic heterocycles. The van der Waals surface area contributed by atoms with E-state index < -0.39 is 30.4 Å². The fraction of sp³-hybridized carbons (Fsp3) is 0.778. The first kappa shape index (κ1) is 36.0. The van der Waals surface area contributed by atoms with Crippen LogP contribution in [0.4, 0.5) is 14.4 Å². The molecule has 42 heavy (non-hydrogen) atoms. The van der Waals surface area contributed by atoms with E-state index in [1.807, 2.05) is 0 Å². The van der Waals surface area contributed by atoms with Crippen molar-refractivity contribution in [1.29, 1.82) is 0 Å². The lowest BCUT2D eigenvalue weighted by molar-refractivity contribution is -0.303. The second-order valence-electron chi connectivity index (χ2n) is 9.56. The zero-order valence-electron chi connectivity index (χ0n) is 24.3. The molecule has 3 amide bonds. The lowest BCUT2D eigenvalue weighted by atomic mass is 10.2. The summed E-state index contributed by atoms with van der Waals surface area (Å²) in [6.07, 6.45) is 8.97. The Balaban J connectivity index is 2.82. The van der Waals surface area contributed by atoms with Crippen molar-refractivity contribution >= 4 is 36.5 Å².